The van der Waals surface area contributed by atoms with Crippen LogP contribution in [0.25, 0.3) is 0 Å². The van der Waals surface area contributed by atoms with Gasteiger partial charge in [0.05, 0.1) is 5.56 Å². The third-order valence-corrected chi connectivity index (χ3v) is 3.46. The van der Waals surface area contributed by atoms with Gasteiger partial charge in [-0.3, -0.25) is 0 Å². The van der Waals surface area contributed by atoms with Gasteiger partial charge in [0.2, 0.25) is 0 Å². The topological polar surface area (TPSA) is 52.6 Å². The van der Waals surface area contributed by atoms with Crippen molar-refractivity contribution in [2.75, 3.05) is 32.0 Å². The molecule has 4 heteroatoms. The van der Waals surface area contributed by atoms with Gasteiger partial charge in [-0.25, -0.2) is 4.79 Å². The van der Waals surface area contributed by atoms with E-state index in [0.29, 0.717) is 11.5 Å². The second kappa shape index (κ2) is 5.87. The molecule has 1 saturated heterocycles. The molecule has 98 valence electrons. The molecule has 1 fully saturated rings. The Kier molecular flexibility index (Phi) is 4.20. The van der Waals surface area contributed by atoms with Crippen molar-refractivity contribution in [2.24, 2.45) is 5.92 Å². The lowest BCUT2D eigenvalue weighted by Crippen LogP contribution is -2.35. The van der Waals surface area contributed by atoms with Crippen LogP contribution in [-0.4, -0.2) is 42.7 Å². The highest BCUT2D eigenvalue weighted by atomic mass is 16.4. The van der Waals surface area contributed by atoms with Crippen LogP contribution in [0.15, 0.2) is 24.3 Å². The minimum Gasteiger partial charge on any atom is -0.478 e. The maximum Gasteiger partial charge on any atom is 0.337 e. The van der Waals surface area contributed by atoms with Gasteiger partial charge in [0.25, 0.3) is 0 Å². The van der Waals surface area contributed by atoms with E-state index in [-0.39, 0.29) is 0 Å². The van der Waals surface area contributed by atoms with E-state index in [9.17, 15) is 4.79 Å². The summed E-state index contributed by atoms with van der Waals surface area (Å²) < 4.78 is 0. The van der Waals surface area contributed by atoms with Crippen molar-refractivity contribution in [3.63, 3.8) is 0 Å². The summed E-state index contributed by atoms with van der Waals surface area (Å²) in [6.45, 7) is 3.10. The second-order valence-corrected chi connectivity index (χ2v) is 5.00. The van der Waals surface area contributed by atoms with Crippen molar-refractivity contribution in [3.8, 4) is 0 Å². The normalized spacial score (nSPS) is 20.6. The smallest absolute Gasteiger partial charge is 0.337 e. The Labute approximate surface area is 108 Å². The van der Waals surface area contributed by atoms with Gasteiger partial charge in [-0.1, -0.05) is 12.1 Å². The first-order chi connectivity index (χ1) is 8.66. The molecule has 0 spiro atoms. The Bertz CT molecular complexity index is 420. The van der Waals surface area contributed by atoms with Gasteiger partial charge in [0.1, 0.15) is 0 Å². The molecule has 0 radical (unpaired) electrons. The molecule has 2 rings (SSSR count). The molecule has 1 aromatic rings. The van der Waals surface area contributed by atoms with Crippen molar-refractivity contribution in [2.45, 2.75) is 12.8 Å². The van der Waals surface area contributed by atoms with Crippen molar-refractivity contribution in [1.29, 1.82) is 0 Å². The van der Waals surface area contributed by atoms with Gasteiger partial charge >= 0.3 is 5.97 Å². The number of carbonyl (C=O) groups is 1. The summed E-state index contributed by atoms with van der Waals surface area (Å²) in [4.78, 5) is 13.4. The molecule has 0 amide bonds. The summed E-state index contributed by atoms with van der Waals surface area (Å²) in [5.74, 6) is -0.274. The number of rotatable bonds is 4. The van der Waals surface area contributed by atoms with E-state index in [4.69, 9.17) is 5.11 Å². The van der Waals surface area contributed by atoms with Crippen LogP contribution in [0, 0.1) is 5.92 Å². The van der Waals surface area contributed by atoms with Crippen LogP contribution in [0.3, 0.4) is 0 Å². The summed E-state index contributed by atoms with van der Waals surface area (Å²) >= 11 is 0. The lowest BCUT2D eigenvalue weighted by atomic mass is 9.98. The maximum absolute atomic E-state index is 11.1. The molecule has 0 aliphatic carbocycles. The average molecular weight is 248 g/mol. The minimum absolute atomic E-state index is 0.349. The van der Waals surface area contributed by atoms with E-state index < -0.39 is 5.97 Å². The van der Waals surface area contributed by atoms with E-state index in [1.807, 2.05) is 12.1 Å². The molecule has 1 atom stereocenters. The Hall–Kier alpha value is -1.55. The van der Waals surface area contributed by atoms with E-state index in [1.165, 1.54) is 19.4 Å². The summed E-state index contributed by atoms with van der Waals surface area (Å²) in [5, 5.41) is 12.4. The highest BCUT2D eigenvalue weighted by molar-refractivity contribution is 5.94. The number of nitrogens with one attached hydrogen (secondary N) is 1. The molecule has 4 nitrogen and oxygen atoms in total. The zero-order chi connectivity index (χ0) is 13.0. The molecule has 1 heterocycles. The first-order valence-corrected chi connectivity index (χ1v) is 6.41. The number of anilines is 1. The highest BCUT2D eigenvalue weighted by Gasteiger charge is 2.17. The van der Waals surface area contributed by atoms with E-state index >= 15 is 0 Å². The van der Waals surface area contributed by atoms with Crippen LogP contribution in [0.5, 0.6) is 0 Å². The number of carboxylic acid groups (broad SMARTS) is 1. The fraction of sp³-hybridized carbons (Fsp3) is 0.500. The number of likely N-dealkylation sites (tertiary alicyclic amines) is 1. The second-order valence-electron chi connectivity index (χ2n) is 5.00. The van der Waals surface area contributed by atoms with Gasteiger partial charge in [0, 0.05) is 18.8 Å². The monoisotopic (exact) mass is 248 g/mol. The Morgan fingerprint density at radius 3 is 3.00 bits per heavy atom. The number of hydrogen-bond acceptors (Lipinski definition) is 3. The van der Waals surface area contributed by atoms with Crippen molar-refractivity contribution < 1.29 is 9.90 Å². The van der Waals surface area contributed by atoms with Gasteiger partial charge in [-0.05, 0) is 44.5 Å². The summed E-state index contributed by atoms with van der Waals surface area (Å²) in [7, 11) is 2.14. The van der Waals surface area contributed by atoms with Crippen LogP contribution in [0.2, 0.25) is 0 Å². The highest BCUT2D eigenvalue weighted by Crippen LogP contribution is 2.19. The SMILES string of the molecule is CN1CCCC(CNc2ccccc2C(=O)O)C1. The molecule has 0 bridgehead atoms. The number of piperidine rings is 1. The van der Waals surface area contributed by atoms with Crippen LogP contribution in [0.4, 0.5) is 5.69 Å². The Morgan fingerprint density at radius 2 is 2.28 bits per heavy atom. The van der Waals surface area contributed by atoms with Crippen LogP contribution < -0.4 is 5.32 Å². The van der Waals surface area contributed by atoms with Crippen molar-refractivity contribution >= 4 is 11.7 Å². The Balaban J connectivity index is 1.95. The Morgan fingerprint density at radius 1 is 1.50 bits per heavy atom. The van der Waals surface area contributed by atoms with E-state index in [1.54, 1.807) is 12.1 Å². The van der Waals surface area contributed by atoms with Crippen molar-refractivity contribution in [3.05, 3.63) is 29.8 Å². The van der Waals surface area contributed by atoms with Gasteiger partial charge in [-0.2, -0.15) is 0 Å². The number of carboxylic acids is 1. The van der Waals surface area contributed by atoms with Crippen LogP contribution in [-0.2, 0) is 0 Å². The number of nitrogens with zero attached hydrogens (tertiary/aromatic N) is 1. The molecule has 1 aromatic carbocycles. The number of para-hydroxylation sites is 1. The minimum atomic E-state index is -0.876. The number of benzene rings is 1. The number of aromatic carboxylic acids is 1. The van der Waals surface area contributed by atoms with Gasteiger partial charge in [0.15, 0.2) is 0 Å². The lowest BCUT2D eigenvalue weighted by Gasteiger charge is -2.30. The standard InChI is InChI=1S/C14H20N2O2/c1-16-8-4-5-11(10-16)9-15-13-7-3-2-6-12(13)14(17)18/h2-3,6-7,11,15H,4-5,8-10H2,1H3,(H,17,18). The molecule has 1 aliphatic heterocycles. The molecule has 0 aromatic heterocycles. The van der Waals surface area contributed by atoms with Crippen LogP contribution in [0.1, 0.15) is 23.2 Å². The first kappa shape index (κ1) is 12.9. The zero-order valence-electron chi connectivity index (χ0n) is 10.7. The van der Waals surface area contributed by atoms with Gasteiger partial charge in [-0.15, -0.1) is 0 Å². The summed E-state index contributed by atoms with van der Waals surface area (Å²) in [5.41, 5.74) is 1.07. The molecule has 1 unspecified atom stereocenters. The summed E-state index contributed by atoms with van der Waals surface area (Å²) in [6.07, 6.45) is 2.44. The molecule has 2 N–H and O–H groups in total. The fourth-order valence-electron chi connectivity index (χ4n) is 2.52. The summed E-state index contributed by atoms with van der Waals surface area (Å²) in [6, 6.07) is 7.08. The van der Waals surface area contributed by atoms with Crippen molar-refractivity contribution in [1.82, 2.24) is 4.90 Å². The van der Waals surface area contributed by atoms with Crippen LogP contribution >= 0.6 is 0 Å². The largest absolute Gasteiger partial charge is 0.478 e. The molecule has 0 saturated carbocycles. The van der Waals surface area contributed by atoms with E-state index in [2.05, 4.69) is 17.3 Å². The maximum atomic E-state index is 11.1. The molecular formula is C14H20N2O2. The third-order valence-electron chi connectivity index (χ3n) is 3.46. The predicted octanol–water partition coefficient (Wildman–Crippen LogP) is 2.14. The fourth-order valence-corrected chi connectivity index (χ4v) is 2.52. The lowest BCUT2D eigenvalue weighted by molar-refractivity contribution is 0.0698. The number of hydrogen-bond donors (Lipinski definition) is 2. The van der Waals surface area contributed by atoms with E-state index in [0.717, 1.165) is 18.8 Å². The molecule has 1 aliphatic rings. The third kappa shape index (κ3) is 3.23. The molecule has 18 heavy (non-hydrogen) atoms. The van der Waals surface area contributed by atoms with Gasteiger partial charge < -0.3 is 15.3 Å². The predicted molar refractivity (Wildman–Crippen MR) is 72.1 cm³/mol. The first-order valence-electron chi connectivity index (χ1n) is 6.41. The molecular weight excluding hydrogens is 228 g/mol. The zero-order valence-corrected chi connectivity index (χ0v) is 10.7. The quantitative estimate of drug-likeness (QED) is 0.857. The average Bonchev–Trinajstić information content (AvgIpc) is 2.37.